The van der Waals surface area contributed by atoms with Gasteiger partial charge >= 0.3 is 0 Å². The highest BCUT2D eigenvalue weighted by Gasteiger charge is 2.15. The summed E-state index contributed by atoms with van der Waals surface area (Å²) in [6, 6.07) is 17.7. The van der Waals surface area contributed by atoms with Crippen molar-refractivity contribution < 1.29 is 9.47 Å². The number of rotatable bonds is 8. The molecule has 38 heavy (non-hydrogen) atoms. The molecule has 2 fully saturated rings. The maximum absolute atomic E-state index is 12.8. The minimum atomic E-state index is -0.194. The molecule has 2 aliphatic heterocycles. The van der Waals surface area contributed by atoms with Crippen LogP contribution >= 0.6 is 0 Å². The number of H-pyrrole nitrogens is 1. The van der Waals surface area contributed by atoms with Crippen molar-refractivity contribution in [2.75, 3.05) is 62.8 Å². The number of fused-ring (bicyclic) bond motifs is 1. The van der Waals surface area contributed by atoms with Crippen molar-refractivity contribution in [3.05, 3.63) is 71.1 Å². The first kappa shape index (κ1) is 24.4. The van der Waals surface area contributed by atoms with Crippen molar-refractivity contribution in [2.24, 2.45) is 0 Å². The standard InChI is InChI=1S/C29H32N6O3/c36-29-27-21(10-11-30-29)20-25(24-4-3-5-26(32-24)38-19-14-34-12-1-2-13-34)33-28(27)31-22-6-8-23(9-7-22)35-15-17-37-18-16-35/h3-11,20H,1-2,12-19H2,(H,30,36)(H,31,33). The van der Waals surface area contributed by atoms with E-state index in [1.807, 2.05) is 42.5 Å². The van der Waals surface area contributed by atoms with Gasteiger partial charge in [0.15, 0.2) is 0 Å². The van der Waals surface area contributed by atoms with E-state index in [1.54, 1.807) is 6.20 Å². The Morgan fingerprint density at radius 3 is 2.58 bits per heavy atom. The van der Waals surface area contributed by atoms with E-state index in [4.69, 9.17) is 19.4 Å². The predicted molar refractivity (Wildman–Crippen MR) is 150 cm³/mol. The van der Waals surface area contributed by atoms with Gasteiger partial charge in [-0.3, -0.25) is 9.69 Å². The molecule has 0 unspecified atom stereocenters. The molecule has 0 amide bonds. The van der Waals surface area contributed by atoms with Crippen LogP contribution in [0.25, 0.3) is 22.2 Å². The Balaban J connectivity index is 1.26. The third-order valence-corrected chi connectivity index (χ3v) is 7.10. The summed E-state index contributed by atoms with van der Waals surface area (Å²) < 4.78 is 11.4. The normalized spacial score (nSPS) is 16.2. The van der Waals surface area contributed by atoms with E-state index in [2.05, 4.69) is 32.2 Å². The maximum Gasteiger partial charge on any atom is 0.259 e. The van der Waals surface area contributed by atoms with Gasteiger partial charge in [0.25, 0.3) is 5.56 Å². The van der Waals surface area contributed by atoms with Crippen molar-refractivity contribution in [2.45, 2.75) is 12.8 Å². The van der Waals surface area contributed by atoms with Crippen LogP contribution in [0.15, 0.2) is 65.6 Å². The molecule has 196 valence electrons. The molecule has 0 aliphatic carbocycles. The van der Waals surface area contributed by atoms with Gasteiger partial charge in [0.2, 0.25) is 5.88 Å². The molecule has 0 bridgehead atoms. The van der Waals surface area contributed by atoms with Crippen molar-refractivity contribution in [3.8, 4) is 17.3 Å². The summed E-state index contributed by atoms with van der Waals surface area (Å²) in [6.45, 7) is 7.03. The van der Waals surface area contributed by atoms with Gasteiger partial charge in [-0.1, -0.05) is 6.07 Å². The molecule has 2 aliphatic rings. The summed E-state index contributed by atoms with van der Waals surface area (Å²) in [5.74, 6) is 1.06. The largest absolute Gasteiger partial charge is 0.476 e. The number of nitrogens with zero attached hydrogens (tertiary/aromatic N) is 4. The van der Waals surface area contributed by atoms with E-state index < -0.39 is 0 Å². The highest BCUT2D eigenvalue weighted by molar-refractivity contribution is 5.95. The lowest BCUT2D eigenvalue weighted by atomic mass is 10.1. The second-order valence-corrected chi connectivity index (χ2v) is 9.66. The molecule has 6 rings (SSSR count). The predicted octanol–water partition coefficient (Wildman–Crippen LogP) is 4.04. The molecule has 1 aromatic carbocycles. The number of aromatic amines is 1. The molecule has 2 saturated heterocycles. The zero-order chi connectivity index (χ0) is 25.7. The maximum atomic E-state index is 12.8. The van der Waals surface area contributed by atoms with Crippen LogP contribution in [-0.4, -0.2) is 72.4 Å². The highest BCUT2D eigenvalue weighted by Crippen LogP contribution is 2.29. The van der Waals surface area contributed by atoms with E-state index in [9.17, 15) is 4.79 Å². The van der Waals surface area contributed by atoms with Crippen LogP contribution < -0.4 is 20.5 Å². The van der Waals surface area contributed by atoms with Gasteiger partial charge in [-0.2, -0.15) is 0 Å². The van der Waals surface area contributed by atoms with Crippen LogP contribution in [0.3, 0.4) is 0 Å². The number of ether oxygens (including phenoxy) is 2. The Hall–Kier alpha value is -3.95. The van der Waals surface area contributed by atoms with Crippen LogP contribution in [0.2, 0.25) is 0 Å². The Morgan fingerprint density at radius 1 is 0.947 bits per heavy atom. The number of morpholine rings is 1. The van der Waals surface area contributed by atoms with Crippen LogP contribution in [-0.2, 0) is 4.74 Å². The first-order valence-corrected chi connectivity index (χ1v) is 13.3. The summed E-state index contributed by atoms with van der Waals surface area (Å²) in [6.07, 6.45) is 4.18. The van der Waals surface area contributed by atoms with Crippen molar-refractivity contribution in [3.63, 3.8) is 0 Å². The second kappa shape index (κ2) is 11.2. The monoisotopic (exact) mass is 512 g/mol. The number of likely N-dealkylation sites (tertiary alicyclic amines) is 1. The Labute approximate surface area is 221 Å². The summed E-state index contributed by atoms with van der Waals surface area (Å²) in [5, 5.41) is 4.66. The Kier molecular flexibility index (Phi) is 7.19. The van der Waals surface area contributed by atoms with Crippen molar-refractivity contribution >= 4 is 28.0 Å². The molecule has 3 aromatic heterocycles. The third-order valence-electron chi connectivity index (χ3n) is 7.10. The zero-order valence-corrected chi connectivity index (χ0v) is 21.4. The van der Waals surface area contributed by atoms with Crippen LogP contribution in [0.5, 0.6) is 5.88 Å². The fourth-order valence-corrected chi connectivity index (χ4v) is 5.07. The average molecular weight is 513 g/mol. The van der Waals surface area contributed by atoms with Crippen molar-refractivity contribution in [1.29, 1.82) is 0 Å². The molecular formula is C29H32N6O3. The van der Waals surface area contributed by atoms with Crippen molar-refractivity contribution in [1.82, 2.24) is 19.9 Å². The second-order valence-electron chi connectivity index (χ2n) is 9.66. The van der Waals surface area contributed by atoms with Crippen LogP contribution in [0, 0.1) is 0 Å². The van der Waals surface area contributed by atoms with Gasteiger partial charge in [0.05, 0.1) is 30.0 Å². The average Bonchev–Trinajstić information content (AvgIpc) is 3.48. The highest BCUT2D eigenvalue weighted by atomic mass is 16.5. The van der Waals surface area contributed by atoms with Gasteiger partial charge in [0.1, 0.15) is 12.4 Å². The summed E-state index contributed by atoms with van der Waals surface area (Å²) in [4.78, 5) is 29.8. The lowest BCUT2D eigenvalue weighted by molar-refractivity contribution is 0.122. The van der Waals surface area contributed by atoms with E-state index in [0.29, 0.717) is 35.1 Å². The van der Waals surface area contributed by atoms with Gasteiger partial charge in [0, 0.05) is 43.3 Å². The molecule has 0 radical (unpaired) electrons. The molecule has 4 aromatic rings. The first-order valence-electron chi connectivity index (χ1n) is 13.3. The molecule has 0 atom stereocenters. The summed E-state index contributed by atoms with van der Waals surface area (Å²) in [7, 11) is 0. The third kappa shape index (κ3) is 5.49. The quantitative estimate of drug-likeness (QED) is 0.365. The van der Waals surface area contributed by atoms with E-state index in [0.717, 1.165) is 62.7 Å². The van der Waals surface area contributed by atoms with Crippen LogP contribution in [0.4, 0.5) is 17.2 Å². The number of anilines is 3. The molecule has 2 N–H and O–H groups in total. The van der Waals surface area contributed by atoms with Crippen LogP contribution in [0.1, 0.15) is 12.8 Å². The van der Waals surface area contributed by atoms with Gasteiger partial charge in [-0.15, -0.1) is 0 Å². The topological polar surface area (TPSA) is 95.6 Å². The molecule has 9 heteroatoms. The van der Waals surface area contributed by atoms with E-state index in [-0.39, 0.29) is 5.56 Å². The summed E-state index contributed by atoms with van der Waals surface area (Å²) >= 11 is 0. The van der Waals surface area contributed by atoms with Gasteiger partial charge in [-0.05, 0) is 73.8 Å². The summed E-state index contributed by atoms with van der Waals surface area (Å²) in [5.41, 5.74) is 3.16. The number of aromatic nitrogens is 3. The number of pyridine rings is 3. The molecule has 5 heterocycles. The Bertz CT molecular complexity index is 1440. The lowest BCUT2D eigenvalue weighted by Crippen LogP contribution is -2.36. The number of hydrogen-bond donors (Lipinski definition) is 2. The van der Waals surface area contributed by atoms with Gasteiger partial charge in [-0.25, -0.2) is 9.97 Å². The fourth-order valence-electron chi connectivity index (χ4n) is 5.07. The molecular weight excluding hydrogens is 480 g/mol. The SMILES string of the molecule is O=c1[nH]ccc2cc(-c3cccc(OCCN4CCCC4)n3)nc(Nc3ccc(N4CCOCC4)cc3)c12. The molecule has 0 spiro atoms. The minimum Gasteiger partial charge on any atom is -0.476 e. The Morgan fingerprint density at radius 2 is 1.76 bits per heavy atom. The van der Waals surface area contributed by atoms with Gasteiger partial charge < -0.3 is 24.7 Å². The number of hydrogen-bond acceptors (Lipinski definition) is 8. The fraction of sp³-hybridized carbons (Fsp3) is 0.345. The van der Waals surface area contributed by atoms with E-state index in [1.165, 1.54) is 12.8 Å². The number of benzene rings is 1. The zero-order valence-electron chi connectivity index (χ0n) is 21.4. The number of nitrogens with one attached hydrogen (secondary N) is 2. The molecule has 0 saturated carbocycles. The molecule has 9 nitrogen and oxygen atoms in total. The van der Waals surface area contributed by atoms with E-state index >= 15 is 0 Å². The minimum absolute atomic E-state index is 0.194. The smallest absolute Gasteiger partial charge is 0.259 e. The first-order chi connectivity index (χ1) is 18.7. The lowest BCUT2D eigenvalue weighted by Gasteiger charge is -2.28.